The Morgan fingerprint density at radius 2 is 0.902 bits per heavy atom. The van der Waals surface area contributed by atoms with Crippen molar-refractivity contribution in [3.05, 3.63) is 36.5 Å². The van der Waals surface area contributed by atoms with Crippen LogP contribution in [0.4, 0.5) is 0 Å². The van der Waals surface area contributed by atoms with Crippen LogP contribution in [0.2, 0.25) is 0 Å². The lowest BCUT2D eigenvalue weighted by Crippen LogP contribution is -2.64. The molecule has 0 aromatic heterocycles. The second-order valence-electron chi connectivity index (χ2n) is 16.6. The average molecular weight is 889 g/mol. The number of aliphatic hydroxyl groups excluding tert-OH is 5. The zero-order valence-corrected chi connectivity index (χ0v) is 38.6. The molecule has 0 spiro atoms. The molecule has 61 heavy (non-hydrogen) atoms. The molecule has 0 radical (unpaired) electrons. The van der Waals surface area contributed by atoms with Crippen LogP contribution in [0.1, 0.15) is 194 Å². The van der Waals surface area contributed by atoms with Crippen LogP contribution in [0.5, 0.6) is 0 Å². The van der Waals surface area contributed by atoms with Crippen molar-refractivity contribution in [1.82, 2.24) is 0 Å². The van der Waals surface area contributed by atoms with Gasteiger partial charge >= 0.3 is 19.8 Å². The molecule has 1 aliphatic carbocycles. The molecule has 14 heteroatoms. The van der Waals surface area contributed by atoms with Gasteiger partial charge in [0.1, 0.15) is 43.2 Å². The molecule has 13 nitrogen and oxygen atoms in total. The molecule has 6 unspecified atom stereocenters. The minimum absolute atomic E-state index is 0.0685. The Morgan fingerprint density at radius 3 is 1.39 bits per heavy atom. The highest BCUT2D eigenvalue weighted by Gasteiger charge is 2.51. The van der Waals surface area contributed by atoms with Crippen molar-refractivity contribution in [3.63, 3.8) is 0 Å². The molecule has 0 bridgehead atoms. The fourth-order valence-corrected chi connectivity index (χ4v) is 8.06. The Balaban J connectivity index is 2.49. The van der Waals surface area contributed by atoms with Gasteiger partial charge in [0, 0.05) is 12.8 Å². The van der Waals surface area contributed by atoms with Crippen molar-refractivity contribution in [3.8, 4) is 0 Å². The smallest absolute Gasteiger partial charge is 0.462 e. The molecule has 0 aliphatic heterocycles. The van der Waals surface area contributed by atoms with Gasteiger partial charge in [-0.3, -0.25) is 18.6 Å². The maximum absolute atomic E-state index is 12.8. The SMILES string of the molecule is CCCCCCCCCC/C=C/CCCCCC(=O)O[C@@H](COC(=O)CCC/C=C/C/C=C/CCCCCCCCCCC)COP(=O)(O)OC1C(O)C(O)C(O)[C@H](O)C1O. The molecule has 1 saturated carbocycles. The second-order valence-corrected chi connectivity index (χ2v) is 18.0. The van der Waals surface area contributed by atoms with Gasteiger partial charge in [0.05, 0.1) is 6.61 Å². The molecule has 0 aromatic rings. The number of rotatable bonds is 39. The van der Waals surface area contributed by atoms with Gasteiger partial charge < -0.3 is 39.9 Å². The predicted octanol–water partition coefficient (Wildman–Crippen LogP) is 9.39. The molecule has 1 fully saturated rings. The summed E-state index contributed by atoms with van der Waals surface area (Å²) < 4.78 is 33.5. The maximum Gasteiger partial charge on any atom is 0.472 e. The zero-order valence-electron chi connectivity index (χ0n) is 37.7. The Hall–Kier alpha value is -1.93. The number of phosphoric ester groups is 1. The van der Waals surface area contributed by atoms with Crippen molar-refractivity contribution < 1.29 is 63.1 Å². The van der Waals surface area contributed by atoms with E-state index in [1.807, 2.05) is 6.08 Å². The van der Waals surface area contributed by atoms with E-state index in [2.05, 4.69) is 44.2 Å². The summed E-state index contributed by atoms with van der Waals surface area (Å²) in [5, 5.41) is 50.1. The third-order valence-electron chi connectivity index (χ3n) is 11.0. The molecular weight excluding hydrogens is 803 g/mol. The van der Waals surface area contributed by atoms with Gasteiger partial charge in [-0.05, 0) is 64.2 Å². The lowest BCUT2D eigenvalue weighted by Gasteiger charge is -2.41. The Kier molecular flexibility index (Phi) is 35.0. The summed E-state index contributed by atoms with van der Waals surface area (Å²) in [7, 11) is -5.13. The van der Waals surface area contributed by atoms with E-state index in [0.29, 0.717) is 19.3 Å². The lowest BCUT2D eigenvalue weighted by molar-refractivity contribution is -0.220. The standard InChI is InChI=1S/C47H85O13P/c1-3-5-7-9-11-13-15-17-19-20-22-23-25-27-29-31-33-35-40(48)57-37-39(38-58-61(55,56)60-47-45(53)43(51)42(50)44(52)46(47)54)59-41(49)36-34-32-30-28-26-24-21-18-16-14-12-10-8-6-4-2/h22-24,26-27,29,39,42-47,50-54H,3-21,25,28,30-38H2,1-2H3,(H,55,56)/b23-22+,26-24+,29-27+/t39-,42?,43-,44?,45?,46?,47?/m0/s1. The van der Waals surface area contributed by atoms with Crippen LogP contribution >= 0.6 is 7.82 Å². The average Bonchev–Trinajstić information content (AvgIpc) is 3.24. The monoisotopic (exact) mass is 889 g/mol. The summed E-state index contributed by atoms with van der Waals surface area (Å²) in [5.74, 6) is -1.17. The molecule has 0 amide bonds. The van der Waals surface area contributed by atoms with Crippen molar-refractivity contribution >= 4 is 19.8 Å². The fraction of sp³-hybridized carbons (Fsp3) is 0.830. The van der Waals surface area contributed by atoms with Crippen molar-refractivity contribution in [1.29, 1.82) is 0 Å². The third-order valence-corrected chi connectivity index (χ3v) is 11.9. The normalized spacial score (nSPS) is 22.3. The van der Waals surface area contributed by atoms with E-state index in [1.165, 1.54) is 109 Å². The van der Waals surface area contributed by atoms with Crippen molar-refractivity contribution in [2.75, 3.05) is 13.2 Å². The molecule has 8 atom stereocenters. The quantitative estimate of drug-likeness (QED) is 0.0147. The van der Waals surface area contributed by atoms with E-state index >= 15 is 0 Å². The largest absolute Gasteiger partial charge is 0.472 e. The Bertz CT molecular complexity index is 1210. The minimum atomic E-state index is -5.13. The van der Waals surface area contributed by atoms with Gasteiger partial charge in [-0.15, -0.1) is 0 Å². The van der Waals surface area contributed by atoms with E-state index in [9.17, 15) is 44.6 Å². The van der Waals surface area contributed by atoms with Crippen LogP contribution in [0, 0.1) is 0 Å². The van der Waals surface area contributed by atoms with Gasteiger partial charge in [-0.25, -0.2) is 4.57 Å². The number of ether oxygens (including phenoxy) is 2. The first kappa shape index (κ1) is 57.1. The summed E-state index contributed by atoms with van der Waals surface area (Å²) in [6, 6.07) is 0. The van der Waals surface area contributed by atoms with Gasteiger partial charge in [0.2, 0.25) is 0 Å². The maximum atomic E-state index is 12.8. The number of aliphatic hydroxyl groups is 5. The number of esters is 2. The summed E-state index contributed by atoms with van der Waals surface area (Å²) in [4.78, 5) is 35.7. The second kappa shape index (κ2) is 37.4. The van der Waals surface area contributed by atoms with E-state index in [0.717, 1.165) is 38.5 Å². The van der Waals surface area contributed by atoms with Crippen LogP contribution in [0.25, 0.3) is 0 Å². The summed E-state index contributed by atoms with van der Waals surface area (Å²) in [6.45, 7) is 3.25. The topological polar surface area (TPSA) is 210 Å². The first-order chi connectivity index (χ1) is 29.4. The lowest BCUT2D eigenvalue weighted by atomic mass is 9.85. The molecule has 1 aliphatic rings. The predicted molar refractivity (Wildman–Crippen MR) is 240 cm³/mol. The fourth-order valence-electron chi connectivity index (χ4n) is 7.09. The van der Waals surface area contributed by atoms with E-state index in [1.54, 1.807) is 0 Å². The van der Waals surface area contributed by atoms with Crippen LogP contribution in [0.15, 0.2) is 36.5 Å². The van der Waals surface area contributed by atoms with E-state index < -0.39 is 75.7 Å². The molecule has 0 saturated heterocycles. The number of carbonyl (C=O) groups excluding carboxylic acids is 2. The van der Waals surface area contributed by atoms with Crippen LogP contribution in [-0.2, 0) is 32.7 Å². The molecule has 356 valence electrons. The molecule has 0 heterocycles. The third kappa shape index (κ3) is 30.0. The molecule has 0 aromatic carbocycles. The Morgan fingerprint density at radius 1 is 0.508 bits per heavy atom. The Labute approximate surface area is 368 Å². The van der Waals surface area contributed by atoms with E-state index in [-0.39, 0.29) is 12.8 Å². The summed E-state index contributed by atoms with van der Waals surface area (Å²) in [6.07, 6.45) is 29.2. The first-order valence-electron chi connectivity index (χ1n) is 23.8. The summed E-state index contributed by atoms with van der Waals surface area (Å²) >= 11 is 0. The zero-order chi connectivity index (χ0) is 45.0. The van der Waals surface area contributed by atoms with Crippen molar-refractivity contribution in [2.24, 2.45) is 0 Å². The number of unbranched alkanes of at least 4 members (excludes halogenated alkanes) is 21. The van der Waals surface area contributed by atoms with Crippen molar-refractivity contribution in [2.45, 2.75) is 236 Å². The molecular formula is C47H85O13P. The van der Waals surface area contributed by atoms with E-state index in [4.69, 9.17) is 18.5 Å². The molecule has 6 N–H and O–H groups in total. The van der Waals surface area contributed by atoms with Crippen LogP contribution in [0.3, 0.4) is 0 Å². The molecule has 1 rings (SSSR count). The first-order valence-corrected chi connectivity index (χ1v) is 25.3. The highest BCUT2D eigenvalue weighted by Crippen LogP contribution is 2.47. The highest BCUT2D eigenvalue weighted by atomic mass is 31.2. The van der Waals surface area contributed by atoms with Crippen LogP contribution in [-0.4, -0.2) is 98.3 Å². The van der Waals surface area contributed by atoms with Gasteiger partial charge in [-0.2, -0.15) is 0 Å². The number of phosphoric acid groups is 1. The van der Waals surface area contributed by atoms with Gasteiger partial charge in [-0.1, -0.05) is 153 Å². The number of hydrogen-bond acceptors (Lipinski definition) is 12. The summed E-state index contributed by atoms with van der Waals surface area (Å²) in [5.41, 5.74) is 0. The number of carbonyl (C=O) groups is 2. The van der Waals surface area contributed by atoms with Gasteiger partial charge in [0.25, 0.3) is 0 Å². The van der Waals surface area contributed by atoms with Gasteiger partial charge in [0.15, 0.2) is 6.10 Å². The number of hydrogen-bond donors (Lipinski definition) is 6. The van der Waals surface area contributed by atoms with Crippen LogP contribution < -0.4 is 0 Å². The highest BCUT2D eigenvalue weighted by molar-refractivity contribution is 7.47. The number of allylic oxidation sites excluding steroid dienone is 6. The minimum Gasteiger partial charge on any atom is -0.462 e.